The summed E-state index contributed by atoms with van der Waals surface area (Å²) in [5, 5.41) is 51.8. The first-order valence-electron chi connectivity index (χ1n) is 10.1. The second kappa shape index (κ2) is 8.26. The number of halogens is 1. The van der Waals surface area contributed by atoms with Crippen LogP contribution in [0, 0.1) is 12.7 Å². The molecule has 0 saturated heterocycles. The Kier molecular flexibility index (Phi) is 5.57. The highest BCUT2D eigenvalue weighted by Gasteiger charge is 2.28. The first-order valence-corrected chi connectivity index (χ1v) is 10.1. The van der Waals surface area contributed by atoms with Crippen LogP contribution in [0.4, 0.5) is 4.39 Å². The molecule has 4 aromatic carbocycles. The predicted molar refractivity (Wildman–Crippen MR) is 126 cm³/mol. The topological polar surface area (TPSA) is 120 Å². The van der Waals surface area contributed by atoms with Gasteiger partial charge in [-0.25, -0.2) is 4.39 Å². The maximum atomic E-state index is 16.1. The summed E-state index contributed by atoms with van der Waals surface area (Å²) in [4.78, 5) is 0. The Hall–Kier alpha value is -4.27. The SMILES string of the molecule is [B]c1c(O)c(O)c2c(O)c(C)c(O)c(O)c2c1-c1cccc(-c2c(OC)cccc2OC)c1F. The molecule has 0 aliphatic carbocycles. The van der Waals surface area contributed by atoms with Crippen molar-refractivity contribution in [3.8, 4) is 62.5 Å². The van der Waals surface area contributed by atoms with Crippen molar-refractivity contribution in [3.05, 3.63) is 47.8 Å². The van der Waals surface area contributed by atoms with Gasteiger partial charge in [0.2, 0.25) is 0 Å². The van der Waals surface area contributed by atoms with Gasteiger partial charge in [-0.2, -0.15) is 0 Å². The van der Waals surface area contributed by atoms with Crippen molar-refractivity contribution in [1.29, 1.82) is 0 Å². The van der Waals surface area contributed by atoms with Gasteiger partial charge in [-0.15, -0.1) is 0 Å². The van der Waals surface area contributed by atoms with Gasteiger partial charge in [-0.1, -0.05) is 24.3 Å². The molecule has 4 aromatic rings. The lowest BCUT2D eigenvalue weighted by atomic mass is 9.80. The minimum Gasteiger partial charge on any atom is -0.507 e. The van der Waals surface area contributed by atoms with Gasteiger partial charge in [-0.3, -0.25) is 0 Å². The fourth-order valence-electron chi connectivity index (χ4n) is 4.12. The smallest absolute Gasteiger partial charge is 0.168 e. The predicted octanol–water partition coefficient (Wildman–Crippen LogP) is 3.96. The molecular formula is C25H20BFO7. The van der Waals surface area contributed by atoms with E-state index in [0.717, 1.165) is 0 Å². The number of benzene rings is 4. The number of fused-ring (bicyclic) bond motifs is 1. The molecule has 7 nitrogen and oxygen atoms in total. The monoisotopic (exact) mass is 462 g/mol. The van der Waals surface area contributed by atoms with Crippen LogP contribution in [0.3, 0.4) is 0 Å². The Balaban J connectivity index is 2.18. The van der Waals surface area contributed by atoms with E-state index in [1.807, 2.05) is 0 Å². The fraction of sp³-hybridized carbons (Fsp3) is 0.120. The minimum atomic E-state index is -0.824. The van der Waals surface area contributed by atoms with E-state index in [4.69, 9.17) is 17.3 Å². The number of methoxy groups -OCH3 is 2. The van der Waals surface area contributed by atoms with Crippen LogP contribution in [0.1, 0.15) is 5.56 Å². The molecule has 172 valence electrons. The molecule has 34 heavy (non-hydrogen) atoms. The molecule has 0 aliphatic heterocycles. The molecule has 4 rings (SSSR count). The average molecular weight is 462 g/mol. The molecule has 0 bridgehead atoms. The number of ether oxygens (including phenoxy) is 2. The van der Waals surface area contributed by atoms with Gasteiger partial charge in [0, 0.05) is 22.1 Å². The van der Waals surface area contributed by atoms with Crippen LogP contribution in [0.5, 0.6) is 40.2 Å². The number of rotatable bonds is 4. The van der Waals surface area contributed by atoms with E-state index >= 15 is 4.39 Å². The third-order valence-corrected chi connectivity index (χ3v) is 5.86. The van der Waals surface area contributed by atoms with Gasteiger partial charge in [0.15, 0.2) is 23.0 Å². The van der Waals surface area contributed by atoms with Crippen molar-refractivity contribution < 1.29 is 39.4 Å². The van der Waals surface area contributed by atoms with E-state index in [0.29, 0.717) is 17.1 Å². The molecule has 0 amide bonds. The lowest BCUT2D eigenvalue weighted by molar-refractivity contribution is 0.393. The quantitative estimate of drug-likeness (QED) is 0.177. The van der Waals surface area contributed by atoms with Gasteiger partial charge in [0.05, 0.1) is 25.2 Å². The summed E-state index contributed by atoms with van der Waals surface area (Å²) in [6.45, 7) is 1.30. The van der Waals surface area contributed by atoms with Crippen molar-refractivity contribution in [2.24, 2.45) is 0 Å². The average Bonchev–Trinajstić information content (AvgIpc) is 2.84. The highest BCUT2D eigenvalue weighted by molar-refractivity contribution is 6.41. The maximum Gasteiger partial charge on any atom is 0.168 e. The van der Waals surface area contributed by atoms with Gasteiger partial charge in [0.1, 0.15) is 30.9 Å². The molecule has 0 heterocycles. The highest BCUT2D eigenvalue weighted by Crippen LogP contribution is 2.52. The van der Waals surface area contributed by atoms with Crippen molar-refractivity contribution >= 4 is 24.1 Å². The summed E-state index contributed by atoms with van der Waals surface area (Å²) >= 11 is 0. The van der Waals surface area contributed by atoms with Crippen LogP contribution >= 0.6 is 0 Å². The molecule has 0 saturated carbocycles. The Morgan fingerprint density at radius 2 is 1.18 bits per heavy atom. The summed E-state index contributed by atoms with van der Waals surface area (Å²) in [6, 6.07) is 9.28. The summed E-state index contributed by atoms with van der Waals surface area (Å²) in [6.07, 6.45) is 0. The number of hydrogen-bond acceptors (Lipinski definition) is 7. The zero-order valence-electron chi connectivity index (χ0n) is 18.5. The van der Waals surface area contributed by atoms with Crippen molar-refractivity contribution in [2.75, 3.05) is 14.2 Å². The molecule has 2 radical (unpaired) electrons. The molecule has 5 N–H and O–H groups in total. The van der Waals surface area contributed by atoms with E-state index in [-0.39, 0.29) is 27.6 Å². The van der Waals surface area contributed by atoms with E-state index in [1.54, 1.807) is 18.2 Å². The van der Waals surface area contributed by atoms with Crippen LogP contribution in [0.25, 0.3) is 33.0 Å². The summed E-state index contributed by atoms with van der Waals surface area (Å²) in [5.74, 6) is -3.84. The molecule has 0 aliphatic rings. The van der Waals surface area contributed by atoms with Gasteiger partial charge in [-0.05, 0) is 30.1 Å². The standard InChI is InChI=1S/C25H20BFO7/c1-10-21(28)18-17(23(30)22(10)29)16(19(26)25(32)24(18)31)12-7-4-6-11(20(12)27)15-13(33-2)8-5-9-14(15)34-3/h4-9,28-32H,1-3H3. The molecule has 0 unspecified atom stereocenters. The highest BCUT2D eigenvalue weighted by atomic mass is 19.1. The lowest BCUT2D eigenvalue weighted by Crippen LogP contribution is -2.10. The largest absolute Gasteiger partial charge is 0.507 e. The van der Waals surface area contributed by atoms with Crippen LogP contribution < -0.4 is 14.9 Å². The van der Waals surface area contributed by atoms with Crippen LogP contribution in [0.2, 0.25) is 0 Å². The lowest BCUT2D eigenvalue weighted by Gasteiger charge is -2.20. The van der Waals surface area contributed by atoms with Gasteiger partial charge < -0.3 is 35.0 Å². The second-order valence-electron chi connectivity index (χ2n) is 7.61. The number of phenols is 5. The molecule has 0 fully saturated rings. The zero-order valence-corrected chi connectivity index (χ0v) is 18.5. The third-order valence-electron chi connectivity index (χ3n) is 5.86. The van der Waals surface area contributed by atoms with E-state index in [2.05, 4.69) is 0 Å². The van der Waals surface area contributed by atoms with Crippen molar-refractivity contribution in [1.82, 2.24) is 0 Å². The van der Waals surface area contributed by atoms with Crippen LogP contribution in [0.15, 0.2) is 36.4 Å². The maximum absolute atomic E-state index is 16.1. The molecule has 0 atom stereocenters. The summed E-state index contributed by atoms with van der Waals surface area (Å²) in [5.41, 5.74) is -0.660. The first kappa shape index (κ1) is 22.9. The van der Waals surface area contributed by atoms with Crippen LogP contribution in [-0.4, -0.2) is 47.6 Å². The Morgan fingerprint density at radius 1 is 0.676 bits per heavy atom. The number of phenolic OH excluding ortho intramolecular Hbond substituents is 5. The van der Waals surface area contributed by atoms with E-state index in [1.165, 1.54) is 39.3 Å². The Bertz CT molecular complexity index is 1440. The third kappa shape index (κ3) is 3.12. The molecule has 0 spiro atoms. The van der Waals surface area contributed by atoms with Crippen LogP contribution in [-0.2, 0) is 0 Å². The second-order valence-corrected chi connectivity index (χ2v) is 7.61. The zero-order chi connectivity index (χ0) is 24.9. The summed E-state index contributed by atoms with van der Waals surface area (Å²) in [7, 11) is 8.91. The van der Waals surface area contributed by atoms with Crippen molar-refractivity contribution in [2.45, 2.75) is 6.92 Å². The number of aromatic hydroxyl groups is 5. The van der Waals surface area contributed by atoms with E-state index in [9.17, 15) is 25.5 Å². The molecular weight excluding hydrogens is 442 g/mol. The normalized spacial score (nSPS) is 11.1. The fourth-order valence-corrected chi connectivity index (χ4v) is 4.12. The van der Waals surface area contributed by atoms with Crippen molar-refractivity contribution in [3.63, 3.8) is 0 Å². The van der Waals surface area contributed by atoms with E-state index < -0.39 is 45.4 Å². The Labute approximate surface area is 195 Å². The number of hydrogen-bond donors (Lipinski definition) is 5. The Morgan fingerprint density at radius 3 is 1.74 bits per heavy atom. The first-order chi connectivity index (χ1) is 16.1. The summed E-state index contributed by atoms with van der Waals surface area (Å²) < 4.78 is 26.9. The van der Waals surface area contributed by atoms with Gasteiger partial charge >= 0.3 is 0 Å². The molecule has 9 heteroatoms. The van der Waals surface area contributed by atoms with Gasteiger partial charge in [0.25, 0.3) is 0 Å². The molecule has 0 aromatic heterocycles. The minimum absolute atomic E-state index is 0.0620.